The first kappa shape index (κ1) is 10.9. The number of pyridine rings is 1. The molecule has 0 aromatic carbocycles. The lowest BCUT2D eigenvalue weighted by molar-refractivity contribution is -0.176. The van der Waals surface area contributed by atoms with Crippen molar-refractivity contribution in [1.29, 1.82) is 0 Å². The van der Waals surface area contributed by atoms with Crippen molar-refractivity contribution in [2.24, 2.45) is 17.3 Å². The number of aromatic nitrogens is 1. The number of ether oxygens (including phenoxy) is 1. The van der Waals surface area contributed by atoms with Crippen LogP contribution in [0.25, 0.3) is 0 Å². The largest absolute Gasteiger partial charge is 0.390 e. The number of aliphatic hydroxyl groups is 1. The van der Waals surface area contributed by atoms with Crippen LogP contribution < -0.4 is 0 Å². The topological polar surface area (TPSA) is 45.6 Å². The molecule has 1 saturated heterocycles. The summed E-state index contributed by atoms with van der Waals surface area (Å²) in [4.78, 5) is 4.36. The molecule has 2 heterocycles. The van der Waals surface area contributed by atoms with Crippen LogP contribution in [0.15, 0.2) is 24.4 Å². The van der Waals surface area contributed by atoms with Gasteiger partial charge >= 0.3 is 0 Å². The average Bonchev–Trinajstić information content (AvgIpc) is 3.08. The van der Waals surface area contributed by atoms with Gasteiger partial charge in [0, 0.05) is 6.20 Å². The Morgan fingerprint density at radius 2 is 2.22 bits per heavy atom. The summed E-state index contributed by atoms with van der Waals surface area (Å²) < 4.78 is 5.93. The Morgan fingerprint density at radius 3 is 2.83 bits per heavy atom. The van der Waals surface area contributed by atoms with Gasteiger partial charge in [-0.2, -0.15) is 0 Å². The van der Waals surface area contributed by atoms with Crippen LogP contribution in [0.3, 0.4) is 0 Å². The molecule has 5 rings (SSSR count). The number of rotatable bonds is 1. The monoisotopic (exact) mass is 245 g/mol. The number of aliphatic hydroxyl groups excluding tert-OH is 1. The zero-order valence-electron chi connectivity index (χ0n) is 10.8. The van der Waals surface area contributed by atoms with Crippen LogP contribution in [0.2, 0.25) is 0 Å². The Bertz CT molecular complexity index is 487. The van der Waals surface area contributed by atoms with E-state index in [2.05, 4.69) is 18.8 Å². The highest BCUT2D eigenvalue weighted by Crippen LogP contribution is 2.70. The predicted molar refractivity (Wildman–Crippen MR) is 66.8 cm³/mol. The number of epoxide rings is 1. The van der Waals surface area contributed by atoms with Gasteiger partial charge in [-0.25, -0.2) is 0 Å². The fourth-order valence-electron chi connectivity index (χ4n) is 4.19. The molecule has 96 valence electrons. The molecule has 1 aromatic rings. The second-order valence-electron chi connectivity index (χ2n) is 6.72. The molecule has 0 unspecified atom stereocenters. The molecule has 0 radical (unpaired) electrons. The zero-order chi connectivity index (χ0) is 12.5. The Kier molecular flexibility index (Phi) is 1.91. The Labute approximate surface area is 107 Å². The first-order valence-electron chi connectivity index (χ1n) is 6.82. The van der Waals surface area contributed by atoms with Gasteiger partial charge in [0.25, 0.3) is 0 Å². The molecule has 4 fully saturated rings. The van der Waals surface area contributed by atoms with Crippen LogP contribution in [0, 0.1) is 17.3 Å². The quantitative estimate of drug-likeness (QED) is 0.772. The zero-order valence-corrected chi connectivity index (χ0v) is 10.8. The Balaban J connectivity index is 1.62. The molecule has 4 aliphatic rings. The molecule has 1 N–H and O–H groups in total. The lowest BCUT2D eigenvalue weighted by Gasteiger charge is -2.60. The second kappa shape index (κ2) is 3.14. The van der Waals surface area contributed by atoms with Crippen molar-refractivity contribution in [3.05, 3.63) is 30.1 Å². The third kappa shape index (κ3) is 1.14. The van der Waals surface area contributed by atoms with E-state index in [-0.39, 0.29) is 23.2 Å². The van der Waals surface area contributed by atoms with E-state index in [0.29, 0.717) is 11.8 Å². The lowest BCUT2D eigenvalue weighted by atomic mass is 9.45. The van der Waals surface area contributed by atoms with Crippen molar-refractivity contribution < 1.29 is 9.84 Å². The van der Waals surface area contributed by atoms with Crippen LogP contribution in [0.1, 0.15) is 38.5 Å². The van der Waals surface area contributed by atoms with E-state index in [1.165, 1.54) is 0 Å². The second-order valence-corrected chi connectivity index (χ2v) is 6.72. The predicted octanol–water partition coefficient (Wildman–Crippen LogP) is 2.32. The smallest absolute Gasteiger partial charge is 0.132 e. The van der Waals surface area contributed by atoms with Crippen LogP contribution in [-0.2, 0) is 4.74 Å². The van der Waals surface area contributed by atoms with Gasteiger partial charge in [-0.15, -0.1) is 0 Å². The molecule has 3 nitrogen and oxygen atoms in total. The van der Waals surface area contributed by atoms with Crippen LogP contribution >= 0.6 is 0 Å². The molecule has 1 aliphatic heterocycles. The maximum absolute atomic E-state index is 10.6. The summed E-state index contributed by atoms with van der Waals surface area (Å²) in [5.41, 5.74) is 0.929. The summed E-state index contributed by atoms with van der Waals surface area (Å²) in [6.45, 7) is 4.56. The highest BCUT2D eigenvalue weighted by atomic mass is 16.6. The Morgan fingerprint density at radius 1 is 1.39 bits per heavy atom. The van der Waals surface area contributed by atoms with Crippen molar-refractivity contribution in [2.45, 2.75) is 44.5 Å². The molecule has 3 saturated carbocycles. The molecule has 3 heteroatoms. The van der Waals surface area contributed by atoms with E-state index in [1.54, 1.807) is 6.20 Å². The highest BCUT2D eigenvalue weighted by molar-refractivity contribution is 5.27. The molecule has 5 atom stereocenters. The summed E-state index contributed by atoms with van der Waals surface area (Å²) in [7, 11) is 0. The molecule has 3 aliphatic carbocycles. The number of hydrogen-bond acceptors (Lipinski definition) is 3. The van der Waals surface area contributed by atoms with E-state index >= 15 is 0 Å². The summed E-state index contributed by atoms with van der Waals surface area (Å²) in [6.07, 6.45) is 3.62. The summed E-state index contributed by atoms with van der Waals surface area (Å²) in [5.74, 6) is 1.09. The number of hydrogen-bond donors (Lipinski definition) is 1. The van der Waals surface area contributed by atoms with Crippen molar-refractivity contribution in [1.82, 2.24) is 4.98 Å². The minimum Gasteiger partial charge on any atom is -0.390 e. The van der Waals surface area contributed by atoms with Crippen LogP contribution in [0.5, 0.6) is 0 Å². The first-order valence-corrected chi connectivity index (χ1v) is 6.82. The Hall–Kier alpha value is -0.930. The normalized spacial score (nSPS) is 47.7. The van der Waals surface area contributed by atoms with Gasteiger partial charge < -0.3 is 9.84 Å². The number of nitrogens with zero attached hydrogens (tertiary/aromatic N) is 1. The molecule has 1 spiro atoms. The van der Waals surface area contributed by atoms with Gasteiger partial charge in [0.05, 0.1) is 11.8 Å². The van der Waals surface area contributed by atoms with Crippen molar-refractivity contribution in [3.8, 4) is 0 Å². The molecule has 1 aromatic heterocycles. The SMILES string of the molecule is CC1(C)[C@@H]2C[C@H]1[C@H](O)[C@@]1(C2)O[C@@H]1c1ccccn1. The summed E-state index contributed by atoms with van der Waals surface area (Å²) in [6, 6.07) is 5.89. The minimum absolute atomic E-state index is 0.00935. The molecular weight excluding hydrogens is 226 g/mol. The van der Waals surface area contributed by atoms with Crippen molar-refractivity contribution >= 4 is 0 Å². The van der Waals surface area contributed by atoms with Gasteiger partial charge in [-0.3, -0.25) is 4.98 Å². The summed E-state index contributed by atoms with van der Waals surface area (Å²) in [5, 5.41) is 10.6. The van der Waals surface area contributed by atoms with Gasteiger partial charge in [0.1, 0.15) is 11.7 Å². The molecular formula is C15H19NO2. The average molecular weight is 245 g/mol. The van der Waals surface area contributed by atoms with Crippen molar-refractivity contribution in [2.75, 3.05) is 0 Å². The van der Waals surface area contributed by atoms with Crippen molar-refractivity contribution in [3.63, 3.8) is 0 Å². The maximum Gasteiger partial charge on any atom is 0.132 e. The third-order valence-electron chi connectivity index (χ3n) is 5.67. The van der Waals surface area contributed by atoms with Crippen LogP contribution in [-0.4, -0.2) is 21.8 Å². The van der Waals surface area contributed by atoms with Gasteiger partial charge in [0.2, 0.25) is 0 Å². The van der Waals surface area contributed by atoms with E-state index < -0.39 is 0 Å². The molecule has 18 heavy (non-hydrogen) atoms. The first-order chi connectivity index (χ1) is 8.56. The van der Waals surface area contributed by atoms with Gasteiger partial charge in [-0.05, 0) is 42.2 Å². The molecule has 0 amide bonds. The third-order valence-corrected chi connectivity index (χ3v) is 5.67. The maximum atomic E-state index is 10.6. The van der Waals surface area contributed by atoms with Gasteiger partial charge in [-0.1, -0.05) is 19.9 Å². The van der Waals surface area contributed by atoms with E-state index in [1.807, 2.05) is 18.2 Å². The minimum atomic E-state index is -0.329. The lowest BCUT2D eigenvalue weighted by Crippen LogP contribution is -2.61. The molecule has 2 bridgehead atoms. The van der Waals surface area contributed by atoms with E-state index in [9.17, 15) is 5.11 Å². The van der Waals surface area contributed by atoms with Crippen LogP contribution in [0.4, 0.5) is 0 Å². The summed E-state index contributed by atoms with van der Waals surface area (Å²) >= 11 is 0. The fourth-order valence-corrected chi connectivity index (χ4v) is 4.19. The van der Waals surface area contributed by atoms with E-state index in [4.69, 9.17) is 4.74 Å². The fraction of sp³-hybridized carbons (Fsp3) is 0.667. The van der Waals surface area contributed by atoms with Gasteiger partial charge in [0.15, 0.2) is 0 Å². The van der Waals surface area contributed by atoms with E-state index in [0.717, 1.165) is 18.5 Å². The highest BCUT2D eigenvalue weighted by Gasteiger charge is 2.73. The standard InChI is InChI=1S/C15H19NO2/c1-14(2)9-7-10(14)12(17)15(8-9)13(18-15)11-5-3-4-6-16-11/h3-6,9-10,12-13,17H,7-8H2,1-2H3/t9-,10+,12+,13-,15-/m1/s1.